The number of nitro groups is 1. The molecular weight excluding hydrogens is 419 g/mol. The lowest BCUT2D eigenvalue weighted by molar-refractivity contribution is -0.385. The fraction of sp³-hybridized carbons (Fsp3) is 0.158. The first-order valence-corrected chi connectivity index (χ1v) is 9.23. The van der Waals surface area contributed by atoms with E-state index in [0.29, 0.717) is 22.9 Å². The number of nitro benzene ring substituents is 1. The van der Waals surface area contributed by atoms with Crippen molar-refractivity contribution < 1.29 is 14.5 Å². The first-order chi connectivity index (χ1) is 13.8. The number of halogens is 2. The van der Waals surface area contributed by atoms with Crippen LogP contribution in [0.1, 0.15) is 11.1 Å². The summed E-state index contributed by atoms with van der Waals surface area (Å²) >= 11 is 12.3. The highest BCUT2D eigenvalue weighted by Gasteiger charge is 2.14. The number of amides is 1. The lowest BCUT2D eigenvalue weighted by Crippen LogP contribution is -2.20. The number of anilines is 1. The largest absolute Gasteiger partial charge is 0.484 e. The molecule has 1 amide bonds. The van der Waals surface area contributed by atoms with E-state index in [1.807, 2.05) is 18.2 Å². The maximum Gasteiger partial charge on any atom is 0.272 e. The molecule has 0 radical (unpaired) electrons. The van der Waals surface area contributed by atoms with Crippen LogP contribution in [-0.2, 0) is 11.3 Å². The van der Waals surface area contributed by atoms with Crippen molar-refractivity contribution in [3.63, 3.8) is 0 Å². The van der Waals surface area contributed by atoms with Gasteiger partial charge < -0.3 is 10.1 Å². The van der Waals surface area contributed by atoms with Crippen molar-refractivity contribution in [3.8, 4) is 5.75 Å². The molecule has 8 nitrogen and oxygen atoms in total. The number of nitrogens with zero attached hydrogens (tertiary/aromatic N) is 3. The first kappa shape index (κ1) is 20.6. The zero-order valence-corrected chi connectivity index (χ0v) is 16.8. The summed E-state index contributed by atoms with van der Waals surface area (Å²) in [6.45, 7) is 1.69. The number of carbonyl (C=O) groups excluding carboxylic acids is 1. The Hall–Kier alpha value is -3.10. The minimum absolute atomic E-state index is 0.0161. The normalized spacial score (nSPS) is 10.6. The van der Waals surface area contributed by atoms with Crippen LogP contribution in [0, 0.1) is 17.0 Å². The van der Waals surface area contributed by atoms with Crippen molar-refractivity contribution in [2.45, 2.75) is 13.5 Å². The molecular formula is C19H16Cl2N4O4. The molecule has 29 heavy (non-hydrogen) atoms. The smallest absolute Gasteiger partial charge is 0.272 e. The standard InChI is InChI=1S/C19H16Cl2N4O4/c1-12-8-14(6-7-17(12)25(27)28)29-11-18(26)22-19-16(21)10-24(23-19)9-13-4-2-3-5-15(13)20/h2-8,10H,9,11H2,1H3,(H,22,23,26). The molecule has 10 heteroatoms. The van der Waals surface area contributed by atoms with Crippen LogP contribution in [0.4, 0.5) is 11.5 Å². The summed E-state index contributed by atoms with van der Waals surface area (Å²) in [6, 6.07) is 11.6. The maximum atomic E-state index is 12.1. The van der Waals surface area contributed by atoms with E-state index in [1.54, 1.807) is 23.9 Å². The Morgan fingerprint density at radius 2 is 2.00 bits per heavy atom. The molecule has 0 saturated heterocycles. The summed E-state index contributed by atoms with van der Waals surface area (Å²) in [7, 11) is 0. The Morgan fingerprint density at radius 3 is 2.69 bits per heavy atom. The summed E-state index contributed by atoms with van der Waals surface area (Å²) in [5.74, 6) is 0.0803. The maximum absolute atomic E-state index is 12.1. The number of hydrogen-bond acceptors (Lipinski definition) is 5. The van der Waals surface area contributed by atoms with E-state index >= 15 is 0 Å². The van der Waals surface area contributed by atoms with E-state index in [9.17, 15) is 14.9 Å². The van der Waals surface area contributed by atoms with Gasteiger partial charge in [0.2, 0.25) is 0 Å². The van der Waals surface area contributed by atoms with E-state index in [2.05, 4.69) is 10.4 Å². The van der Waals surface area contributed by atoms with E-state index in [1.165, 1.54) is 18.2 Å². The van der Waals surface area contributed by atoms with Gasteiger partial charge in [-0.2, -0.15) is 5.10 Å². The average molecular weight is 435 g/mol. The topological polar surface area (TPSA) is 99.3 Å². The molecule has 150 valence electrons. The number of nitrogens with one attached hydrogen (secondary N) is 1. The van der Waals surface area contributed by atoms with E-state index < -0.39 is 10.8 Å². The monoisotopic (exact) mass is 434 g/mol. The van der Waals surface area contributed by atoms with Crippen LogP contribution in [0.25, 0.3) is 0 Å². The van der Waals surface area contributed by atoms with Gasteiger partial charge in [-0.05, 0) is 30.7 Å². The minimum Gasteiger partial charge on any atom is -0.484 e. The second-order valence-electron chi connectivity index (χ2n) is 6.16. The van der Waals surface area contributed by atoms with E-state index in [0.717, 1.165) is 5.56 Å². The van der Waals surface area contributed by atoms with Crippen LogP contribution in [0.5, 0.6) is 5.75 Å². The predicted molar refractivity (Wildman–Crippen MR) is 110 cm³/mol. The Bertz CT molecular complexity index is 1070. The van der Waals surface area contributed by atoms with Crippen LogP contribution in [-0.4, -0.2) is 27.2 Å². The number of aromatic nitrogens is 2. The molecule has 0 saturated carbocycles. The van der Waals surface area contributed by atoms with Crippen molar-refractivity contribution in [1.82, 2.24) is 9.78 Å². The Labute approximate surface area is 176 Å². The van der Waals surface area contributed by atoms with Crippen molar-refractivity contribution >= 4 is 40.6 Å². The third-order valence-electron chi connectivity index (χ3n) is 4.00. The molecule has 0 aliphatic heterocycles. The van der Waals surface area contributed by atoms with Crippen LogP contribution in [0.2, 0.25) is 10.0 Å². The molecule has 0 bridgehead atoms. The summed E-state index contributed by atoms with van der Waals surface area (Å²) < 4.78 is 6.95. The van der Waals surface area contributed by atoms with Crippen LogP contribution < -0.4 is 10.1 Å². The van der Waals surface area contributed by atoms with Crippen LogP contribution in [0.15, 0.2) is 48.7 Å². The number of ether oxygens (including phenoxy) is 1. The van der Waals surface area contributed by atoms with Crippen molar-refractivity contribution in [1.29, 1.82) is 0 Å². The van der Waals surface area contributed by atoms with Crippen LogP contribution in [0.3, 0.4) is 0 Å². The van der Waals surface area contributed by atoms with Crippen LogP contribution >= 0.6 is 23.2 Å². The van der Waals surface area contributed by atoms with Gasteiger partial charge in [0.05, 0.1) is 11.5 Å². The zero-order valence-electron chi connectivity index (χ0n) is 15.3. The second kappa shape index (κ2) is 8.93. The molecule has 0 unspecified atom stereocenters. The van der Waals surface area contributed by atoms with Gasteiger partial charge in [0.1, 0.15) is 10.8 Å². The number of aryl methyl sites for hydroxylation is 1. The van der Waals surface area contributed by atoms with Crippen molar-refractivity contribution in [3.05, 3.63) is 79.9 Å². The fourth-order valence-corrected chi connectivity index (χ4v) is 3.00. The third-order valence-corrected chi connectivity index (χ3v) is 4.65. The SMILES string of the molecule is Cc1cc(OCC(=O)Nc2nn(Cc3ccccc3Cl)cc2Cl)ccc1[N+](=O)[O-]. The molecule has 1 aromatic heterocycles. The lowest BCUT2D eigenvalue weighted by Gasteiger charge is -2.07. The third kappa shape index (κ3) is 5.24. The van der Waals surface area contributed by atoms with Gasteiger partial charge in [0, 0.05) is 22.8 Å². The molecule has 2 aromatic carbocycles. The molecule has 0 fully saturated rings. The van der Waals surface area contributed by atoms with Gasteiger partial charge in [-0.3, -0.25) is 19.6 Å². The molecule has 0 aliphatic carbocycles. The van der Waals surface area contributed by atoms with E-state index in [-0.39, 0.29) is 23.1 Å². The summed E-state index contributed by atoms with van der Waals surface area (Å²) in [6.07, 6.45) is 1.58. The molecule has 0 atom stereocenters. The number of rotatable bonds is 7. The van der Waals surface area contributed by atoms with Crippen molar-refractivity contribution in [2.75, 3.05) is 11.9 Å². The summed E-state index contributed by atoms with van der Waals surface area (Å²) in [5, 5.41) is 18.6. The first-order valence-electron chi connectivity index (χ1n) is 8.47. The highest BCUT2D eigenvalue weighted by Crippen LogP contribution is 2.24. The minimum atomic E-state index is -0.479. The molecule has 0 spiro atoms. The Morgan fingerprint density at radius 1 is 1.24 bits per heavy atom. The highest BCUT2D eigenvalue weighted by atomic mass is 35.5. The second-order valence-corrected chi connectivity index (χ2v) is 6.97. The average Bonchev–Trinajstić information content (AvgIpc) is 3.00. The van der Waals surface area contributed by atoms with Gasteiger partial charge in [-0.1, -0.05) is 41.4 Å². The van der Waals surface area contributed by atoms with Gasteiger partial charge in [0.15, 0.2) is 12.4 Å². The number of carbonyl (C=O) groups is 1. The lowest BCUT2D eigenvalue weighted by atomic mass is 10.2. The Balaban J connectivity index is 1.60. The van der Waals surface area contributed by atoms with Gasteiger partial charge in [-0.15, -0.1) is 0 Å². The van der Waals surface area contributed by atoms with Gasteiger partial charge >= 0.3 is 0 Å². The molecule has 1 heterocycles. The summed E-state index contributed by atoms with van der Waals surface area (Å²) in [5.41, 5.74) is 1.29. The van der Waals surface area contributed by atoms with Gasteiger partial charge in [0.25, 0.3) is 11.6 Å². The number of benzene rings is 2. The highest BCUT2D eigenvalue weighted by molar-refractivity contribution is 6.33. The molecule has 1 N–H and O–H groups in total. The number of hydrogen-bond donors (Lipinski definition) is 1. The van der Waals surface area contributed by atoms with E-state index in [4.69, 9.17) is 27.9 Å². The molecule has 3 rings (SSSR count). The zero-order chi connectivity index (χ0) is 21.0. The van der Waals surface area contributed by atoms with Crippen molar-refractivity contribution in [2.24, 2.45) is 0 Å². The molecule has 0 aliphatic rings. The Kier molecular flexibility index (Phi) is 6.36. The van der Waals surface area contributed by atoms with Gasteiger partial charge in [-0.25, -0.2) is 0 Å². The summed E-state index contributed by atoms with van der Waals surface area (Å²) in [4.78, 5) is 22.5. The predicted octanol–water partition coefficient (Wildman–Crippen LogP) is 4.47. The molecule has 3 aromatic rings. The fourth-order valence-electron chi connectivity index (χ4n) is 2.60. The quantitative estimate of drug-likeness (QED) is 0.436.